The van der Waals surface area contributed by atoms with Crippen molar-refractivity contribution in [1.29, 1.82) is 0 Å². The van der Waals surface area contributed by atoms with Gasteiger partial charge in [-0.2, -0.15) is 0 Å². The second-order valence-electron chi connectivity index (χ2n) is 6.93. The molecule has 3 heterocycles. The molecule has 2 fully saturated rings. The fourth-order valence-electron chi connectivity index (χ4n) is 3.52. The normalized spacial score (nSPS) is 24.9. The van der Waals surface area contributed by atoms with Gasteiger partial charge in [0.2, 0.25) is 11.8 Å². The maximum Gasteiger partial charge on any atom is 0.236 e. The van der Waals surface area contributed by atoms with Gasteiger partial charge in [0, 0.05) is 51.8 Å². The number of fused-ring (bicyclic) bond motifs is 1. The summed E-state index contributed by atoms with van der Waals surface area (Å²) in [5, 5.41) is 0. The van der Waals surface area contributed by atoms with Crippen molar-refractivity contribution in [3.63, 3.8) is 0 Å². The zero-order chi connectivity index (χ0) is 18.9. The lowest BCUT2D eigenvalue weighted by molar-refractivity contribution is -0.138. The molecule has 2 aliphatic rings. The first kappa shape index (κ1) is 18.7. The van der Waals surface area contributed by atoms with E-state index in [-0.39, 0.29) is 42.3 Å². The first-order valence-corrected chi connectivity index (χ1v) is 10.3. The molecule has 2 saturated heterocycles. The third-order valence-corrected chi connectivity index (χ3v) is 6.60. The lowest BCUT2D eigenvalue weighted by Crippen LogP contribution is -2.62. The molecule has 2 atom stereocenters. The largest absolute Gasteiger partial charge is 0.348 e. The molecular weight excluding hydrogens is 358 g/mol. The van der Waals surface area contributed by atoms with E-state index >= 15 is 0 Å². The number of nitrogens with zero attached hydrogens (tertiary/aromatic N) is 5. The summed E-state index contributed by atoms with van der Waals surface area (Å²) in [6.45, 7) is 1.04. The summed E-state index contributed by atoms with van der Waals surface area (Å²) >= 11 is 0. The van der Waals surface area contributed by atoms with Crippen molar-refractivity contribution in [1.82, 2.24) is 24.7 Å². The molecule has 1 aromatic rings. The molecule has 0 N–H and O–H groups in total. The number of carbonyl (C=O) groups excluding carboxylic acids is 2. The first-order valence-electron chi connectivity index (χ1n) is 8.46. The molecule has 9 nitrogen and oxygen atoms in total. The van der Waals surface area contributed by atoms with Crippen LogP contribution in [-0.4, -0.2) is 102 Å². The molecule has 0 bridgehead atoms. The standard InChI is InChI=1S/C16H23N5O4S/c1-19(2)16(23)9-20-5-6-21(14-11-26(24,25)10-13(14)20)15(22)7-12-8-17-3-4-18-12/h3-4,8,13-14H,5-7,9-11H2,1-2H3/t13-,14+/m1/s1. The van der Waals surface area contributed by atoms with Gasteiger partial charge in [-0.25, -0.2) is 8.42 Å². The van der Waals surface area contributed by atoms with Crippen LogP contribution < -0.4 is 0 Å². The molecule has 2 aliphatic heterocycles. The number of rotatable bonds is 4. The van der Waals surface area contributed by atoms with Crippen molar-refractivity contribution in [2.24, 2.45) is 0 Å². The van der Waals surface area contributed by atoms with Gasteiger partial charge in [-0.3, -0.25) is 24.5 Å². The fourth-order valence-corrected chi connectivity index (χ4v) is 5.54. The average Bonchev–Trinajstić information content (AvgIpc) is 2.91. The minimum atomic E-state index is -3.25. The molecule has 0 radical (unpaired) electrons. The van der Waals surface area contributed by atoms with Gasteiger partial charge in [0.1, 0.15) is 0 Å². The SMILES string of the molecule is CN(C)C(=O)CN1CCN(C(=O)Cc2cnccn2)[C@H]2CS(=O)(=O)C[C@H]21. The maximum atomic E-state index is 12.7. The Hall–Kier alpha value is -2.07. The van der Waals surface area contributed by atoms with Crippen molar-refractivity contribution in [2.75, 3.05) is 45.2 Å². The van der Waals surface area contributed by atoms with E-state index in [0.29, 0.717) is 18.8 Å². The Labute approximate surface area is 152 Å². The van der Waals surface area contributed by atoms with Crippen LogP contribution in [0.4, 0.5) is 0 Å². The van der Waals surface area contributed by atoms with E-state index < -0.39 is 15.9 Å². The highest BCUT2D eigenvalue weighted by Crippen LogP contribution is 2.27. The number of carbonyl (C=O) groups is 2. The van der Waals surface area contributed by atoms with Gasteiger partial charge in [-0.15, -0.1) is 0 Å². The maximum absolute atomic E-state index is 12.7. The second kappa shape index (κ2) is 7.28. The summed E-state index contributed by atoms with van der Waals surface area (Å²) in [5.41, 5.74) is 0.556. The van der Waals surface area contributed by atoms with Crippen LogP contribution in [0.2, 0.25) is 0 Å². The predicted octanol–water partition coefficient (Wildman–Crippen LogP) is -1.58. The zero-order valence-electron chi connectivity index (χ0n) is 14.9. The molecule has 142 valence electrons. The van der Waals surface area contributed by atoms with E-state index in [9.17, 15) is 18.0 Å². The Morgan fingerprint density at radius 1 is 1.19 bits per heavy atom. The summed E-state index contributed by atoms with van der Waals surface area (Å²) in [5.74, 6) is -0.312. The third-order valence-electron chi connectivity index (χ3n) is 4.90. The molecule has 0 aromatic carbocycles. The first-order chi connectivity index (χ1) is 12.3. The van der Waals surface area contributed by atoms with Crippen LogP contribution >= 0.6 is 0 Å². The van der Waals surface area contributed by atoms with Gasteiger partial charge < -0.3 is 9.80 Å². The Morgan fingerprint density at radius 3 is 2.58 bits per heavy atom. The Kier molecular flexibility index (Phi) is 5.24. The summed E-state index contributed by atoms with van der Waals surface area (Å²) < 4.78 is 24.4. The van der Waals surface area contributed by atoms with Crippen LogP contribution in [0.1, 0.15) is 5.69 Å². The number of aromatic nitrogens is 2. The highest BCUT2D eigenvalue weighted by atomic mass is 32.2. The predicted molar refractivity (Wildman–Crippen MR) is 93.9 cm³/mol. The number of hydrogen-bond donors (Lipinski definition) is 0. The van der Waals surface area contributed by atoms with Gasteiger partial charge in [-0.1, -0.05) is 0 Å². The quantitative estimate of drug-likeness (QED) is 0.620. The molecule has 26 heavy (non-hydrogen) atoms. The van der Waals surface area contributed by atoms with Crippen LogP contribution in [0.15, 0.2) is 18.6 Å². The minimum absolute atomic E-state index is 0.0205. The number of likely N-dealkylation sites (N-methyl/N-ethyl adjacent to an activating group) is 1. The Morgan fingerprint density at radius 2 is 1.92 bits per heavy atom. The number of amides is 2. The zero-order valence-corrected chi connectivity index (χ0v) is 15.7. The summed E-state index contributed by atoms with van der Waals surface area (Å²) in [4.78, 5) is 37.9. The highest BCUT2D eigenvalue weighted by molar-refractivity contribution is 7.91. The topological polar surface area (TPSA) is 104 Å². The van der Waals surface area contributed by atoms with E-state index in [0.717, 1.165) is 0 Å². The molecule has 0 saturated carbocycles. The van der Waals surface area contributed by atoms with Gasteiger partial charge >= 0.3 is 0 Å². The van der Waals surface area contributed by atoms with Gasteiger partial charge in [-0.05, 0) is 0 Å². The van der Waals surface area contributed by atoms with Crippen LogP contribution in [0.5, 0.6) is 0 Å². The molecule has 2 amide bonds. The molecule has 10 heteroatoms. The summed E-state index contributed by atoms with van der Waals surface area (Å²) in [6, 6.07) is -0.767. The minimum Gasteiger partial charge on any atom is -0.348 e. The van der Waals surface area contributed by atoms with E-state index in [1.807, 2.05) is 4.90 Å². The Balaban J connectivity index is 1.76. The molecule has 0 aliphatic carbocycles. The smallest absolute Gasteiger partial charge is 0.236 e. The third kappa shape index (κ3) is 4.01. The Bertz CT molecular complexity index is 783. The average molecular weight is 381 g/mol. The van der Waals surface area contributed by atoms with Crippen LogP contribution in [-0.2, 0) is 25.8 Å². The van der Waals surface area contributed by atoms with E-state index in [1.54, 1.807) is 19.0 Å². The van der Waals surface area contributed by atoms with Crippen molar-refractivity contribution in [3.05, 3.63) is 24.3 Å². The van der Waals surface area contributed by atoms with Crippen molar-refractivity contribution in [2.45, 2.75) is 18.5 Å². The number of hydrogen-bond acceptors (Lipinski definition) is 7. The van der Waals surface area contributed by atoms with E-state index in [4.69, 9.17) is 0 Å². The summed E-state index contributed by atoms with van der Waals surface area (Å²) in [6.07, 6.45) is 4.69. The van der Waals surface area contributed by atoms with Crippen molar-refractivity contribution in [3.8, 4) is 0 Å². The monoisotopic (exact) mass is 381 g/mol. The second-order valence-corrected chi connectivity index (χ2v) is 9.08. The van der Waals surface area contributed by atoms with Gasteiger partial charge in [0.15, 0.2) is 9.84 Å². The van der Waals surface area contributed by atoms with Crippen LogP contribution in [0.25, 0.3) is 0 Å². The fraction of sp³-hybridized carbons (Fsp3) is 0.625. The number of piperazine rings is 1. The van der Waals surface area contributed by atoms with Crippen LogP contribution in [0.3, 0.4) is 0 Å². The number of sulfone groups is 1. The van der Waals surface area contributed by atoms with Crippen molar-refractivity contribution >= 4 is 21.7 Å². The van der Waals surface area contributed by atoms with E-state index in [1.165, 1.54) is 23.5 Å². The molecular formula is C16H23N5O4S. The van der Waals surface area contributed by atoms with Crippen LogP contribution in [0, 0.1) is 0 Å². The van der Waals surface area contributed by atoms with Crippen molar-refractivity contribution < 1.29 is 18.0 Å². The highest BCUT2D eigenvalue weighted by Gasteiger charge is 2.48. The lowest BCUT2D eigenvalue weighted by Gasteiger charge is -2.43. The molecule has 0 spiro atoms. The summed E-state index contributed by atoms with van der Waals surface area (Å²) in [7, 11) is 0.0995. The van der Waals surface area contributed by atoms with Gasteiger partial charge in [0.05, 0.1) is 36.2 Å². The lowest BCUT2D eigenvalue weighted by atomic mass is 10.0. The molecule has 0 unspecified atom stereocenters. The van der Waals surface area contributed by atoms with Gasteiger partial charge in [0.25, 0.3) is 0 Å². The molecule has 3 rings (SSSR count). The molecule has 1 aromatic heterocycles. The van der Waals surface area contributed by atoms with E-state index in [2.05, 4.69) is 9.97 Å².